The van der Waals surface area contributed by atoms with Crippen LogP contribution in [0.2, 0.25) is 0 Å². The quantitative estimate of drug-likeness (QED) is 0.154. The average Bonchev–Trinajstić information content (AvgIpc) is 3.17. The van der Waals surface area contributed by atoms with Crippen molar-refractivity contribution in [3.05, 3.63) is 12.2 Å². The van der Waals surface area contributed by atoms with Crippen LogP contribution in [0.4, 0.5) is 0 Å². The third-order valence-corrected chi connectivity index (χ3v) is 5.65. The number of unbranched alkanes of at least 4 members (excludes halogenated alkanes) is 11. The number of amidine groups is 1. The summed E-state index contributed by atoms with van der Waals surface area (Å²) in [5.41, 5.74) is 0. The van der Waals surface area contributed by atoms with Crippen LogP contribution in [-0.4, -0.2) is 49.6 Å². The van der Waals surface area contributed by atoms with Crippen LogP contribution in [0.3, 0.4) is 0 Å². The Morgan fingerprint density at radius 3 is 2.23 bits per heavy atom. The molecule has 0 radical (unpaired) electrons. The molecular formula is C25H45N2NaO3. The van der Waals surface area contributed by atoms with Crippen molar-refractivity contribution in [1.29, 1.82) is 0 Å². The monoisotopic (exact) mass is 444 g/mol. The Morgan fingerprint density at radius 1 is 0.968 bits per heavy atom. The van der Waals surface area contributed by atoms with Gasteiger partial charge in [0.2, 0.25) is 0 Å². The van der Waals surface area contributed by atoms with Crippen LogP contribution in [0.15, 0.2) is 17.1 Å². The molecule has 0 unspecified atom stereocenters. The van der Waals surface area contributed by atoms with E-state index in [9.17, 15) is 9.90 Å². The molecule has 1 heterocycles. The Morgan fingerprint density at radius 2 is 1.58 bits per heavy atom. The largest absolute Gasteiger partial charge is 1.00 e. The van der Waals surface area contributed by atoms with E-state index in [2.05, 4.69) is 29.0 Å². The summed E-state index contributed by atoms with van der Waals surface area (Å²) in [4.78, 5) is 17.3. The first-order valence-electron chi connectivity index (χ1n) is 12.4. The van der Waals surface area contributed by atoms with Gasteiger partial charge in [-0.2, -0.15) is 0 Å². The van der Waals surface area contributed by atoms with Crippen molar-refractivity contribution in [2.75, 3.05) is 32.8 Å². The predicted molar refractivity (Wildman–Crippen MR) is 124 cm³/mol. The molecule has 1 aliphatic heterocycles. The van der Waals surface area contributed by atoms with Crippen molar-refractivity contribution in [3.8, 4) is 0 Å². The molecule has 1 rings (SSSR count). The zero-order chi connectivity index (χ0) is 21.7. The Bertz CT molecular complexity index is 483. The molecule has 0 spiro atoms. The second-order valence-electron chi connectivity index (χ2n) is 8.35. The number of carbonyl (C=O) groups excluding carboxylic acids is 1. The maximum Gasteiger partial charge on any atom is 1.00 e. The standard InChI is InChI=1S/C25H46N2O3.Na/c1-2-3-4-5-6-7-8-9-10-11-12-13-14-15-16-17-24-26-19-20-27(24)21-23-30-22-18-25(28)29;/h9-10H,2-8,11-23H2,1H3,(H,28,29);/q;+1/p-1/b10-9+;. The van der Waals surface area contributed by atoms with Gasteiger partial charge in [0.25, 0.3) is 0 Å². The zero-order valence-corrected chi connectivity index (χ0v) is 22.4. The van der Waals surface area contributed by atoms with Gasteiger partial charge >= 0.3 is 29.6 Å². The minimum atomic E-state index is -1.05. The number of nitrogens with zero attached hydrogens (tertiary/aromatic N) is 2. The number of allylic oxidation sites excluding steroid dienone is 2. The number of rotatable bonds is 21. The fourth-order valence-corrected chi connectivity index (χ4v) is 3.79. The molecule has 0 saturated carbocycles. The van der Waals surface area contributed by atoms with E-state index in [1.54, 1.807) is 0 Å². The number of carboxylic acid groups (broad SMARTS) is 1. The smallest absolute Gasteiger partial charge is 0.550 e. The van der Waals surface area contributed by atoms with Gasteiger partial charge in [-0.25, -0.2) is 0 Å². The Labute approximate surface area is 213 Å². The van der Waals surface area contributed by atoms with Crippen molar-refractivity contribution >= 4 is 11.8 Å². The Kier molecular flexibility index (Phi) is 22.6. The van der Waals surface area contributed by atoms with E-state index < -0.39 is 5.97 Å². The molecule has 0 amide bonds. The van der Waals surface area contributed by atoms with Crippen molar-refractivity contribution in [2.45, 2.75) is 103 Å². The number of aliphatic imine (C=N–C) groups is 1. The molecule has 0 aromatic rings. The SMILES string of the molecule is CCCCCCCC/C=C/CCCCCCCC1=NCCN1CCOCCC(=O)[O-].[Na+]. The second kappa shape index (κ2) is 22.8. The molecule has 0 aromatic heterocycles. The molecule has 0 fully saturated rings. The fraction of sp³-hybridized carbons (Fsp3) is 0.840. The number of ether oxygens (including phenoxy) is 1. The van der Waals surface area contributed by atoms with Crippen LogP contribution in [0.25, 0.3) is 0 Å². The summed E-state index contributed by atoms with van der Waals surface area (Å²) in [6.45, 7) is 5.70. The first-order valence-corrected chi connectivity index (χ1v) is 12.4. The summed E-state index contributed by atoms with van der Waals surface area (Å²) in [5, 5.41) is 10.4. The third-order valence-electron chi connectivity index (χ3n) is 5.65. The van der Waals surface area contributed by atoms with Crippen LogP contribution >= 0.6 is 0 Å². The average molecular weight is 445 g/mol. The van der Waals surface area contributed by atoms with E-state index in [-0.39, 0.29) is 42.6 Å². The van der Waals surface area contributed by atoms with Crippen molar-refractivity contribution < 1.29 is 44.2 Å². The molecular weight excluding hydrogens is 399 g/mol. The molecule has 1 aliphatic rings. The summed E-state index contributed by atoms with van der Waals surface area (Å²) in [6.07, 6.45) is 23.0. The molecule has 0 N–H and O–H groups in total. The molecule has 31 heavy (non-hydrogen) atoms. The fourth-order valence-electron chi connectivity index (χ4n) is 3.79. The van der Waals surface area contributed by atoms with Crippen molar-refractivity contribution in [2.24, 2.45) is 4.99 Å². The van der Waals surface area contributed by atoms with Crippen LogP contribution in [0.5, 0.6) is 0 Å². The minimum absolute atomic E-state index is 0. The van der Waals surface area contributed by atoms with E-state index in [1.165, 1.54) is 89.3 Å². The number of carbonyl (C=O) groups is 1. The van der Waals surface area contributed by atoms with E-state index in [4.69, 9.17) is 4.74 Å². The summed E-state index contributed by atoms with van der Waals surface area (Å²) in [5.74, 6) is 0.152. The Hall–Kier alpha value is -0.360. The van der Waals surface area contributed by atoms with Gasteiger partial charge in [0.15, 0.2) is 0 Å². The van der Waals surface area contributed by atoms with Gasteiger partial charge < -0.3 is 19.5 Å². The molecule has 0 bridgehead atoms. The molecule has 6 heteroatoms. The van der Waals surface area contributed by atoms with E-state index >= 15 is 0 Å². The third kappa shape index (κ3) is 18.9. The summed E-state index contributed by atoms with van der Waals surface area (Å²) >= 11 is 0. The maximum absolute atomic E-state index is 10.4. The van der Waals surface area contributed by atoms with Gasteiger partial charge in [-0.3, -0.25) is 4.99 Å². The van der Waals surface area contributed by atoms with Crippen molar-refractivity contribution in [3.63, 3.8) is 0 Å². The number of carboxylic acids is 1. The summed E-state index contributed by atoms with van der Waals surface area (Å²) in [7, 11) is 0. The zero-order valence-electron chi connectivity index (χ0n) is 20.4. The number of hydrogen-bond donors (Lipinski definition) is 0. The van der Waals surface area contributed by atoms with Gasteiger partial charge in [0.1, 0.15) is 0 Å². The summed E-state index contributed by atoms with van der Waals surface area (Å²) in [6, 6.07) is 0. The molecule has 0 aromatic carbocycles. The predicted octanol–water partition coefficient (Wildman–Crippen LogP) is 1.90. The Balaban J connectivity index is 0.00000900. The van der Waals surface area contributed by atoms with Gasteiger partial charge in [0, 0.05) is 31.9 Å². The minimum Gasteiger partial charge on any atom is -0.550 e. The van der Waals surface area contributed by atoms with Gasteiger partial charge in [0.05, 0.1) is 25.6 Å². The van der Waals surface area contributed by atoms with Crippen LogP contribution in [0, 0.1) is 0 Å². The topological polar surface area (TPSA) is 65.0 Å². The van der Waals surface area contributed by atoms with Gasteiger partial charge in [-0.1, -0.05) is 70.4 Å². The molecule has 0 atom stereocenters. The molecule has 174 valence electrons. The molecule has 0 saturated heterocycles. The van der Waals surface area contributed by atoms with Crippen LogP contribution in [0.1, 0.15) is 103 Å². The van der Waals surface area contributed by atoms with E-state index in [0.717, 1.165) is 26.1 Å². The second-order valence-corrected chi connectivity index (χ2v) is 8.35. The van der Waals surface area contributed by atoms with E-state index in [0.29, 0.717) is 6.61 Å². The molecule has 0 aliphatic carbocycles. The molecule has 5 nitrogen and oxygen atoms in total. The first kappa shape index (κ1) is 30.6. The normalized spacial score (nSPS) is 13.6. The van der Waals surface area contributed by atoms with Crippen LogP contribution in [-0.2, 0) is 9.53 Å². The number of hydrogen-bond acceptors (Lipinski definition) is 5. The maximum atomic E-state index is 10.4. The van der Waals surface area contributed by atoms with E-state index in [1.807, 2.05) is 0 Å². The van der Waals surface area contributed by atoms with Crippen molar-refractivity contribution in [1.82, 2.24) is 4.90 Å². The first-order chi connectivity index (χ1) is 14.7. The summed E-state index contributed by atoms with van der Waals surface area (Å²) < 4.78 is 5.36. The van der Waals surface area contributed by atoms with Gasteiger partial charge in [-0.15, -0.1) is 0 Å². The number of aliphatic carboxylic acids is 1. The van der Waals surface area contributed by atoms with Crippen LogP contribution < -0.4 is 34.7 Å². The van der Waals surface area contributed by atoms with Gasteiger partial charge in [-0.05, 0) is 32.1 Å².